The molecular weight excluding hydrogens is 334 g/mol. The summed E-state index contributed by atoms with van der Waals surface area (Å²) in [4.78, 5) is 26.3. The second kappa shape index (κ2) is 5.25. The quantitative estimate of drug-likeness (QED) is 0.893. The van der Waals surface area contributed by atoms with Crippen LogP contribution in [0.1, 0.15) is 54.8 Å². The Labute approximate surface area is 150 Å². The van der Waals surface area contributed by atoms with Crippen LogP contribution in [0.5, 0.6) is 0 Å². The maximum atomic E-state index is 12.8. The normalized spacial score (nSPS) is 34.8. The van der Waals surface area contributed by atoms with Crippen molar-refractivity contribution in [3.63, 3.8) is 0 Å². The van der Waals surface area contributed by atoms with Gasteiger partial charge in [0.05, 0.1) is 5.54 Å². The van der Waals surface area contributed by atoms with E-state index in [2.05, 4.69) is 20.7 Å². The highest BCUT2D eigenvalue weighted by molar-refractivity contribution is 5.91. The summed E-state index contributed by atoms with van der Waals surface area (Å²) in [5.41, 5.74) is -0.675. The molecule has 2 atom stereocenters. The Hall–Kier alpha value is -2.51. The first-order chi connectivity index (χ1) is 12.5. The second-order valence-corrected chi connectivity index (χ2v) is 8.41. The van der Waals surface area contributed by atoms with Gasteiger partial charge in [-0.3, -0.25) is 9.59 Å². The largest absolute Gasteiger partial charge is 0.456 e. The van der Waals surface area contributed by atoms with E-state index in [1.807, 2.05) is 0 Å². The number of nitrogens with zero attached hydrogens (tertiary/aromatic N) is 4. The van der Waals surface area contributed by atoms with Gasteiger partial charge in [-0.15, -0.1) is 10.2 Å². The predicted octanol–water partition coefficient (Wildman–Crippen LogP) is 1.41. The highest BCUT2D eigenvalue weighted by atomic mass is 16.3. The first kappa shape index (κ1) is 15.7. The Bertz CT molecular complexity index is 905. The average Bonchev–Trinajstić information content (AvgIpc) is 3.07. The molecule has 4 aliphatic rings. The van der Waals surface area contributed by atoms with Crippen molar-refractivity contribution in [2.75, 3.05) is 0 Å². The molecule has 0 aromatic carbocycles. The minimum absolute atomic E-state index is 0.0821. The molecule has 2 unspecified atom stereocenters. The molecule has 1 N–H and O–H groups in total. The molecule has 0 radical (unpaired) electrons. The van der Waals surface area contributed by atoms with Crippen LogP contribution in [-0.2, 0) is 5.54 Å². The van der Waals surface area contributed by atoms with Crippen molar-refractivity contribution in [2.24, 2.45) is 11.8 Å². The van der Waals surface area contributed by atoms with E-state index >= 15 is 0 Å². The lowest BCUT2D eigenvalue weighted by atomic mass is 9.50. The number of hydrogen-bond acceptors (Lipinski definition) is 6. The highest BCUT2D eigenvalue weighted by Crippen LogP contribution is 2.60. The summed E-state index contributed by atoms with van der Waals surface area (Å²) >= 11 is 0. The SMILES string of the molecule is Cc1cc(=O)cc(C(=O)NC23CC4CC(C2)CC(n2ncnn2)(C4)C3)o1. The lowest BCUT2D eigenvalue weighted by Crippen LogP contribution is -2.66. The number of rotatable bonds is 3. The topological polar surface area (TPSA) is 103 Å². The Morgan fingerprint density at radius 2 is 2.04 bits per heavy atom. The third-order valence-electron chi connectivity index (χ3n) is 6.30. The van der Waals surface area contributed by atoms with Gasteiger partial charge in [0.2, 0.25) is 0 Å². The molecule has 0 aliphatic heterocycles. The Morgan fingerprint density at radius 1 is 1.27 bits per heavy atom. The van der Waals surface area contributed by atoms with Gasteiger partial charge in [0.1, 0.15) is 5.76 Å². The molecule has 4 saturated carbocycles. The minimum Gasteiger partial charge on any atom is -0.456 e. The van der Waals surface area contributed by atoms with Gasteiger partial charge in [0.15, 0.2) is 17.5 Å². The number of tetrazole rings is 1. The standard InChI is InChI=1S/C18H21N5O3/c1-11-2-14(24)4-15(26-11)16(25)21-17-5-12-3-13(6-17)8-18(7-12,9-17)23-20-10-19-22-23/h2,4,10,12-13H,3,5-9H2,1H3,(H,21,25). The zero-order valence-corrected chi connectivity index (χ0v) is 14.6. The maximum absolute atomic E-state index is 12.8. The summed E-state index contributed by atoms with van der Waals surface area (Å²) < 4.78 is 5.48. The van der Waals surface area contributed by atoms with Crippen molar-refractivity contribution in [3.8, 4) is 0 Å². The first-order valence-corrected chi connectivity index (χ1v) is 9.13. The van der Waals surface area contributed by atoms with Crippen LogP contribution < -0.4 is 10.7 Å². The summed E-state index contributed by atoms with van der Waals surface area (Å²) in [6.07, 6.45) is 7.47. The van der Waals surface area contributed by atoms with Gasteiger partial charge >= 0.3 is 0 Å². The van der Waals surface area contributed by atoms with Gasteiger partial charge in [-0.2, -0.15) is 4.80 Å². The van der Waals surface area contributed by atoms with Crippen LogP contribution in [0.2, 0.25) is 0 Å². The minimum atomic E-state index is -0.311. The van der Waals surface area contributed by atoms with Crippen LogP contribution in [0, 0.1) is 18.8 Å². The second-order valence-electron chi connectivity index (χ2n) is 8.41. The van der Waals surface area contributed by atoms with Crippen LogP contribution in [0.15, 0.2) is 27.7 Å². The Morgan fingerprint density at radius 3 is 2.69 bits per heavy atom. The van der Waals surface area contributed by atoms with E-state index < -0.39 is 0 Å². The van der Waals surface area contributed by atoms with E-state index in [0.717, 1.165) is 32.1 Å². The van der Waals surface area contributed by atoms with Crippen molar-refractivity contribution in [2.45, 2.75) is 56.5 Å². The average molecular weight is 355 g/mol. The number of nitrogens with one attached hydrogen (secondary N) is 1. The molecule has 2 aromatic rings. The van der Waals surface area contributed by atoms with Gasteiger partial charge in [-0.05, 0) is 62.5 Å². The Balaban J connectivity index is 1.47. The number of amides is 1. The van der Waals surface area contributed by atoms with Gasteiger partial charge in [-0.25, -0.2) is 0 Å². The molecule has 8 nitrogen and oxygen atoms in total. The lowest BCUT2D eigenvalue weighted by Gasteiger charge is -2.61. The number of aryl methyl sites for hydroxylation is 1. The molecule has 4 bridgehead atoms. The molecule has 1 amide bonds. The van der Waals surface area contributed by atoms with Gasteiger partial charge in [0.25, 0.3) is 5.91 Å². The van der Waals surface area contributed by atoms with Gasteiger partial charge in [-0.1, -0.05) is 0 Å². The fraction of sp³-hybridized carbons (Fsp3) is 0.611. The number of carbonyl (C=O) groups is 1. The van der Waals surface area contributed by atoms with Crippen LogP contribution in [0.25, 0.3) is 0 Å². The highest BCUT2D eigenvalue weighted by Gasteiger charge is 2.60. The van der Waals surface area contributed by atoms with E-state index in [1.54, 1.807) is 11.7 Å². The van der Waals surface area contributed by atoms with Crippen LogP contribution in [0.4, 0.5) is 0 Å². The van der Waals surface area contributed by atoms with E-state index in [9.17, 15) is 9.59 Å². The molecule has 0 spiro atoms. The maximum Gasteiger partial charge on any atom is 0.287 e. The van der Waals surface area contributed by atoms with Crippen LogP contribution in [-0.4, -0.2) is 31.7 Å². The molecule has 136 valence electrons. The number of aromatic nitrogens is 4. The van der Waals surface area contributed by atoms with Gasteiger partial charge in [0, 0.05) is 17.7 Å². The van der Waals surface area contributed by atoms with E-state index in [0.29, 0.717) is 17.6 Å². The van der Waals surface area contributed by atoms with Crippen molar-refractivity contribution < 1.29 is 9.21 Å². The summed E-state index contributed by atoms with van der Waals surface area (Å²) in [6.45, 7) is 1.67. The van der Waals surface area contributed by atoms with Gasteiger partial charge < -0.3 is 9.73 Å². The van der Waals surface area contributed by atoms with E-state index in [4.69, 9.17) is 4.42 Å². The number of carbonyl (C=O) groups excluding carboxylic acids is 1. The Kier molecular flexibility index (Phi) is 3.17. The molecule has 4 fully saturated rings. The van der Waals surface area contributed by atoms with E-state index in [-0.39, 0.29) is 28.2 Å². The molecule has 0 saturated heterocycles. The van der Waals surface area contributed by atoms with Crippen molar-refractivity contribution in [3.05, 3.63) is 40.2 Å². The monoisotopic (exact) mass is 355 g/mol. The lowest BCUT2D eigenvalue weighted by molar-refractivity contribution is -0.0812. The fourth-order valence-electron chi connectivity index (χ4n) is 6.00. The third kappa shape index (κ3) is 2.39. The summed E-state index contributed by atoms with van der Waals surface area (Å²) in [6, 6.07) is 2.64. The van der Waals surface area contributed by atoms with Crippen molar-refractivity contribution in [1.29, 1.82) is 0 Å². The zero-order valence-electron chi connectivity index (χ0n) is 14.6. The first-order valence-electron chi connectivity index (χ1n) is 9.13. The fourth-order valence-corrected chi connectivity index (χ4v) is 6.00. The summed E-state index contributed by atoms with van der Waals surface area (Å²) in [5, 5.41) is 15.6. The van der Waals surface area contributed by atoms with Crippen molar-refractivity contribution >= 4 is 5.91 Å². The molecule has 4 aliphatic carbocycles. The molecule has 2 heterocycles. The zero-order chi connectivity index (χ0) is 17.9. The number of hydrogen-bond donors (Lipinski definition) is 1. The van der Waals surface area contributed by atoms with E-state index in [1.165, 1.54) is 24.9 Å². The van der Waals surface area contributed by atoms with Crippen LogP contribution in [0.3, 0.4) is 0 Å². The predicted molar refractivity (Wildman–Crippen MR) is 90.4 cm³/mol. The van der Waals surface area contributed by atoms with Crippen molar-refractivity contribution in [1.82, 2.24) is 25.5 Å². The summed E-state index contributed by atoms with van der Waals surface area (Å²) in [7, 11) is 0. The van der Waals surface area contributed by atoms with Crippen LogP contribution >= 0.6 is 0 Å². The third-order valence-corrected chi connectivity index (χ3v) is 6.30. The molecule has 2 aromatic heterocycles. The molecular formula is C18H21N5O3. The molecule has 26 heavy (non-hydrogen) atoms. The molecule has 6 rings (SSSR count). The summed E-state index contributed by atoms with van der Waals surface area (Å²) in [5.74, 6) is 1.31. The smallest absolute Gasteiger partial charge is 0.287 e. The molecule has 8 heteroatoms.